The largest absolute Gasteiger partial charge is 0.458 e. The van der Waals surface area contributed by atoms with Crippen LogP contribution in [0.1, 0.15) is 80.6 Å². The fourth-order valence-corrected chi connectivity index (χ4v) is 8.55. The topological polar surface area (TPSA) is 99.1 Å². The van der Waals surface area contributed by atoms with E-state index < -0.39 is 64.4 Å². The van der Waals surface area contributed by atoms with E-state index in [1.807, 2.05) is 27.7 Å². The van der Waals surface area contributed by atoms with Gasteiger partial charge in [0.1, 0.15) is 0 Å². The van der Waals surface area contributed by atoms with E-state index in [1.165, 1.54) is 12.2 Å². The quantitative estimate of drug-likeness (QED) is 0.536. The van der Waals surface area contributed by atoms with Crippen LogP contribution in [0.5, 0.6) is 0 Å². The molecule has 0 aromatic carbocycles. The van der Waals surface area contributed by atoms with Gasteiger partial charge in [-0.3, -0.25) is 14.4 Å². The predicted octanol–water partition coefficient (Wildman–Crippen LogP) is 4.41. The van der Waals surface area contributed by atoms with Crippen LogP contribution in [0.2, 0.25) is 0 Å². The number of esters is 1. The Morgan fingerprint density at radius 2 is 1.87 bits per heavy atom. The van der Waals surface area contributed by atoms with Crippen LogP contribution < -0.4 is 0 Å². The molecule has 8 atom stereocenters. The summed E-state index contributed by atoms with van der Waals surface area (Å²) in [5.41, 5.74) is -5.17. The highest BCUT2D eigenvalue weighted by molar-refractivity contribution is 6.01. The van der Waals surface area contributed by atoms with Crippen molar-refractivity contribution in [2.24, 2.45) is 28.1 Å². The van der Waals surface area contributed by atoms with Crippen LogP contribution in [0.25, 0.3) is 0 Å². The lowest BCUT2D eigenvalue weighted by atomic mass is 9.44. The average Bonchev–Trinajstić information content (AvgIpc) is 3.18. The molecule has 210 valence electrons. The predicted molar refractivity (Wildman–Crippen MR) is 137 cm³/mol. The van der Waals surface area contributed by atoms with Gasteiger partial charge in [0, 0.05) is 16.7 Å². The minimum Gasteiger partial charge on any atom is -0.458 e. The molecule has 1 heterocycles. The second kappa shape index (κ2) is 8.31. The summed E-state index contributed by atoms with van der Waals surface area (Å²) in [6, 6.07) is 0. The molecule has 0 aromatic rings. The number of hydrogen-bond acceptors (Lipinski definition) is 7. The highest BCUT2D eigenvalue weighted by Crippen LogP contribution is 2.72. The number of ether oxygens (including phenoxy) is 3. The van der Waals surface area contributed by atoms with Gasteiger partial charge in [-0.25, -0.2) is 4.39 Å². The van der Waals surface area contributed by atoms with Crippen LogP contribution in [0, 0.1) is 28.1 Å². The van der Waals surface area contributed by atoms with Gasteiger partial charge in [0.05, 0.1) is 18.6 Å². The lowest BCUT2D eigenvalue weighted by Crippen LogP contribution is -2.70. The summed E-state index contributed by atoms with van der Waals surface area (Å²) in [5, 5.41) is 11.6. The molecule has 1 N–H and O–H groups in total. The lowest BCUT2D eigenvalue weighted by molar-refractivity contribution is -0.246. The van der Waals surface area contributed by atoms with Crippen LogP contribution in [-0.2, 0) is 28.6 Å². The molecule has 0 spiro atoms. The van der Waals surface area contributed by atoms with Crippen molar-refractivity contribution in [3.63, 3.8) is 0 Å². The first-order chi connectivity index (χ1) is 17.4. The number of ketones is 2. The standard InChI is InChI=1S/C30H41FO7/c1-25(2,3)15-24(35)36-16-22(34)30-23(37-26(4,5)38-30)13-20-19-9-8-17-12-18(32)10-11-27(17,6)29(19,31)21(33)14-28(20,30)7/h10-12,19-21,23,33H,8-9,13-16H2,1-7H3. The number of alkyl halides is 1. The number of aliphatic hydroxyl groups is 1. The summed E-state index contributed by atoms with van der Waals surface area (Å²) >= 11 is 0. The Bertz CT molecular complexity index is 1130. The minimum atomic E-state index is -2.02. The Morgan fingerprint density at radius 1 is 1.18 bits per heavy atom. The van der Waals surface area contributed by atoms with Gasteiger partial charge < -0.3 is 19.3 Å². The summed E-state index contributed by atoms with van der Waals surface area (Å²) in [6.07, 6.45) is 3.96. The maximum atomic E-state index is 17.4. The van der Waals surface area contributed by atoms with Gasteiger partial charge in [0.25, 0.3) is 0 Å². The number of halogens is 1. The molecule has 1 aliphatic heterocycles. The SMILES string of the molecule is CC(C)(C)CC(=O)OCC(=O)C12OC(C)(C)OC1CC1C3CCC4=CC(=O)C=CC4(C)C3(F)C(O)CC12C. The van der Waals surface area contributed by atoms with Gasteiger partial charge in [-0.1, -0.05) is 39.3 Å². The first kappa shape index (κ1) is 27.7. The number of allylic oxidation sites excluding steroid dienone is 4. The van der Waals surface area contributed by atoms with E-state index in [4.69, 9.17) is 14.2 Å². The molecule has 1 saturated heterocycles. The molecule has 4 aliphatic carbocycles. The number of carbonyl (C=O) groups excluding carboxylic acids is 3. The molecule has 0 amide bonds. The molecule has 5 rings (SSSR count). The van der Waals surface area contributed by atoms with Gasteiger partial charge in [0.2, 0.25) is 5.78 Å². The summed E-state index contributed by atoms with van der Waals surface area (Å²) < 4.78 is 35.6. The molecule has 0 bridgehead atoms. The van der Waals surface area contributed by atoms with Gasteiger partial charge >= 0.3 is 5.97 Å². The monoisotopic (exact) mass is 532 g/mol. The maximum absolute atomic E-state index is 17.4. The fourth-order valence-electron chi connectivity index (χ4n) is 8.55. The number of aliphatic hydroxyl groups excluding tert-OH is 1. The van der Waals surface area contributed by atoms with E-state index in [2.05, 4.69) is 0 Å². The third-order valence-electron chi connectivity index (χ3n) is 10.1. The third kappa shape index (κ3) is 3.66. The first-order valence-corrected chi connectivity index (χ1v) is 13.8. The number of Topliss-reactive ketones (excluding diaryl/α,β-unsaturated/α-hetero) is 1. The van der Waals surface area contributed by atoms with Crippen molar-refractivity contribution in [3.8, 4) is 0 Å². The highest BCUT2D eigenvalue weighted by Gasteiger charge is 2.80. The third-order valence-corrected chi connectivity index (χ3v) is 10.1. The van der Waals surface area contributed by atoms with E-state index in [0.29, 0.717) is 24.8 Å². The molecule has 8 unspecified atom stereocenters. The molecule has 0 aromatic heterocycles. The number of carbonyl (C=O) groups is 3. The van der Waals surface area contributed by atoms with Crippen LogP contribution in [0.15, 0.2) is 23.8 Å². The van der Waals surface area contributed by atoms with Crippen molar-refractivity contribution < 1.29 is 38.1 Å². The number of fused-ring (bicyclic) bond motifs is 7. The Balaban J connectivity index is 1.51. The lowest BCUT2D eigenvalue weighted by Gasteiger charge is -2.62. The normalized spacial score (nSPS) is 45.0. The van der Waals surface area contributed by atoms with E-state index in [1.54, 1.807) is 26.8 Å². The van der Waals surface area contributed by atoms with Crippen molar-refractivity contribution in [3.05, 3.63) is 23.8 Å². The molecule has 4 fully saturated rings. The van der Waals surface area contributed by atoms with Gasteiger partial charge in [-0.15, -0.1) is 0 Å². The molecular formula is C30H41FO7. The fraction of sp³-hybridized carbons (Fsp3) is 0.767. The van der Waals surface area contributed by atoms with Crippen molar-refractivity contribution >= 4 is 17.5 Å². The van der Waals surface area contributed by atoms with Crippen molar-refractivity contribution in [1.82, 2.24) is 0 Å². The molecule has 38 heavy (non-hydrogen) atoms. The van der Waals surface area contributed by atoms with Crippen LogP contribution >= 0.6 is 0 Å². The number of rotatable bonds is 4. The zero-order chi connectivity index (χ0) is 28.1. The summed E-state index contributed by atoms with van der Waals surface area (Å²) in [4.78, 5) is 38.6. The average molecular weight is 533 g/mol. The molecule has 3 saturated carbocycles. The molecule has 0 radical (unpaired) electrons. The van der Waals surface area contributed by atoms with Crippen molar-refractivity contribution in [2.45, 2.75) is 110 Å². The van der Waals surface area contributed by atoms with Crippen LogP contribution in [-0.4, -0.2) is 58.5 Å². The van der Waals surface area contributed by atoms with E-state index >= 15 is 4.39 Å². The Morgan fingerprint density at radius 3 is 2.53 bits per heavy atom. The molecule has 5 aliphatic rings. The second-order valence-electron chi connectivity index (χ2n) is 14.2. The minimum absolute atomic E-state index is 0.0209. The highest BCUT2D eigenvalue weighted by atomic mass is 19.1. The summed E-state index contributed by atoms with van der Waals surface area (Å²) in [5.74, 6) is -3.02. The van der Waals surface area contributed by atoms with E-state index in [9.17, 15) is 19.5 Å². The van der Waals surface area contributed by atoms with Crippen LogP contribution in [0.3, 0.4) is 0 Å². The smallest absolute Gasteiger partial charge is 0.306 e. The molecular weight excluding hydrogens is 491 g/mol. The van der Waals surface area contributed by atoms with E-state index in [-0.39, 0.29) is 30.0 Å². The van der Waals surface area contributed by atoms with Crippen LogP contribution in [0.4, 0.5) is 4.39 Å². The number of hydrogen-bond donors (Lipinski definition) is 1. The Kier molecular flexibility index (Phi) is 6.05. The second-order valence-corrected chi connectivity index (χ2v) is 14.2. The van der Waals surface area contributed by atoms with Crippen molar-refractivity contribution in [2.75, 3.05) is 6.61 Å². The van der Waals surface area contributed by atoms with Gasteiger partial charge in [-0.2, -0.15) is 0 Å². The summed E-state index contributed by atoms with van der Waals surface area (Å²) in [7, 11) is 0. The molecule has 7 nitrogen and oxygen atoms in total. The Labute approximate surface area is 224 Å². The molecule has 8 heteroatoms. The first-order valence-electron chi connectivity index (χ1n) is 13.8. The summed E-state index contributed by atoms with van der Waals surface area (Å²) in [6.45, 7) is 12.4. The Hall–Kier alpha value is -1.90. The van der Waals surface area contributed by atoms with E-state index in [0.717, 1.165) is 0 Å². The zero-order valence-electron chi connectivity index (χ0n) is 23.6. The van der Waals surface area contributed by atoms with Crippen molar-refractivity contribution in [1.29, 1.82) is 0 Å². The van der Waals surface area contributed by atoms with Gasteiger partial charge in [-0.05, 0) is 69.9 Å². The zero-order valence-corrected chi connectivity index (χ0v) is 23.6. The maximum Gasteiger partial charge on any atom is 0.306 e. The van der Waals surface area contributed by atoms with Gasteiger partial charge in [0.15, 0.2) is 29.4 Å².